The summed E-state index contributed by atoms with van der Waals surface area (Å²) >= 11 is 0. The quantitative estimate of drug-likeness (QED) is 0.716. The lowest BCUT2D eigenvalue weighted by molar-refractivity contribution is -0.122. The Labute approximate surface area is 150 Å². The van der Waals surface area contributed by atoms with Crippen molar-refractivity contribution in [3.05, 3.63) is 58.3 Å². The monoisotopic (exact) mass is 356 g/mol. The average molecular weight is 356 g/mol. The second-order valence-electron chi connectivity index (χ2n) is 5.70. The van der Waals surface area contributed by atoms with Crippen molar-refractivity contribution in [1.29, 1.82) is 0 Å². The van der Waals surface area contributed by atoms with Crippen molar-refractivity contribution in [3.8, 4) is 11.5 Å². The fourth-order valence-corrected chi connectivity index (χ4v) is 2.82. The van der Waals surface area contributed by atoms with Crippen LogP contribution >= 0.6 is 0 Å². The second-order valence-corrected chi connectivity index (χ2v) is 5.70. The number of ether oxygens (including phenoxy) is 2. The van der Waals surface area contributed by atoms with Crippen molar-refractivity contribution in [2.24, 2.45) is 0 Å². The Morgan fingerprint density at radius 2 is 2.00 bits per heavy atom. The smallest absolute Gasteiger partial charge is 0.291 e. The molecule has 1 amide bonds. The summed E-state index contributed by atoms with van der Waals surface area (Å²) in [5.74, 6) is 1.47. The molecule has 0 spiro atoms. The Balaban J connectivity index is 1.75. The first kappa shape index (κ1) is 17.5. The molecule has 1 aromatic carbocycles. The highest BCUT2D eigenvalue weighted by Gasteiger charge is 2.13. The Morgan fingerprint density at radius 3 is 2.73 bits per heavy atom. The van der Waals surface area contributed by atoms with Crippen molar-refractivity contribution in [2.45, 2.75) is 20.0 Å². The van der Waals surface area contributed by atoms with E-state index in [-0.39, 0.29) is 24.6 Å². The van der Waals surface area contributed by atoms with Gasteiger partial charge in [-0.3, -0.25) is 14.0 Å². The molecule has 0 saturated carbocycles. The molecule has 0 saturated heterocycles. The number of benzene rings is 1. The fourth-order valence-electron chi connectivity index (χ4n) is 2.82. The topological polar surface area (TPSA) is 86.9 Å². The molecule has 3 rings (SSSR count). The lowest BCUT2D eigenvalue weighted by Gasteiger charge is -2.13. The molecule has 0 aliphatic heterocycles. The first-order valence-electron chi connectivity index (χ1n) is 8.06. The highest BCUT2D eigenvalue weighted by Crippen LogP contribution is 2.30. The number of carbonyl (C=O) groups excluding carboxylic acids is 1. The number of hydrogen-bond donors (Lipinski definition) is 1. The zero-order valence-corrected chi connectivity index (χ0v) is 14.9. The van der Waals surface area contributed by atoms with Crippen LogP contribution in [-0.2, 0) is 17.9 Å². The summed E-state index contributed by atoms with van der Waals surface area (Å²) in [5, 5.41) is 6.97. The van der Waals surface area contributed by atoms with E-state index in [0.29, 0.717) is 22.8 Å². The molecule has 0 fully saturated rings. The Bertz CT molecular complexity index is 1010. The number of rotatable bonds is 6. The fraction of sp³-hybridized carbons (Fsp3) is 0.278. The van der Waals surface area contributed by atoms with Gasteiger partial charge in [-0.05, 0) is 25.1 Å². The van der Waals surface area contributed by atoms with Gasteiger partial charge in [0.05, 0.1) is 14.2 Å². The number of aromatic nitrogens is 3. The molecule has 26 heavy (non-hydrogen) atoms. The molecule has 8 heteroatoms. The van der Waals surface area contributed by atoms with Crippen molar-refractivity contribution in [1.82, 2.24) is 19.5 Å². The van der Waals surface area contributed by atoms with Crippen LogP contribution < -0.4 is 20.3 Å². The Hall–Kier alpha value is -3.29. The van der Waals surface area contributed by atoms with Gasteiger partial charge in [-0.25, -0.2) is 4.68 Å². The van der Waals surface area contributed by atoms with Crippen LogP contribution in [0.5, 0.6) is 11.5 Å². The van der Waals surface area contributed by atoms with Crippen LogP contribution in [-0.4, -0.2) is 34.3 Å². The number of carbonyl (C=O) groups is 1. The summed E-state index contributed by atoms with van der Waals surface area (Å²) in [6, 6.07) is 8.91. The molecule has 2 aromatic heterocycles. The average Bonchev–Trinajstić information content (AvgIpc) is 3.14. The van der Waals surface area contributed by atoms with Gasteiger partial charge in [0.15, 0.2) is 11.5 Å². The predicted octanol–water partition coefficient (Wildman–Crippen LogP) is 1.14. The van der Waals surface area contributed by atoms with Crippen LogP contribution in [0, 0.1) is 6.92 Å². The minimum Gasteiger partial charge on any atom is -0.493 e. The van der Waals surface area contributed by atoms with Crippen LogP contribution in [0.25, 0.3) is 5.52 Å². The van der Waals surface area contributed by atoms with Gasteiger partial charge in [-0.1, -0.05) is 12.1 Å². The summed E-state index contributed by atoms with van der Waals surface area (Å²) in [4.78, 5) is 24.7. The summed E-state index contributed by atoms with van der Waals surface area (Å²) in [5.41, 5.74) is 0.952. The normalized spacial score (nSPS) is 10.7. The molecule has 8 nitrogen and oxygen atoms in total. The summed E-state index contributed by atoms with van der Waals surface area (Å²) in [6.45, 7) is 1.87. The largest absolute Gasteiger partial charge is 0.493 e. The lowest BCUT2D eigenvalue weighted by Crippen LogP contribution is -2.34. The number of hydrogen-bond acceptors (Lipinski definition) is 5. The molecule has 136 valence electrons. The highest BCUT2D eigenvalue weighted by molar-refractivity contribution is 5.75. The molecule has 0 aliphatic carbocycles. The highest BCUT2D eigenvalue weighted by atomic mass is 16.5. The van der Waals surface area contributed by atoms with Crippen LogP contribution in [0.1, 0.15) is 11.4 Å². The van der Waals surface area contributed by atoms with E-state index in [9.17, 15) is 9.59 Å². The van der Waals surface area contributed by atoms with Crippen molar-refractivity contribution in [2.75, 3.05) is 14.2 Å². The number of nitrogens with zero attached hydrogens (tertiary/aromatic N) is 3. The van der Waals surface area contributed by atoms with E-state index in [0.717, 1.165) is 5.56 Å². The van der Waals surface area contributed by atoms with Gasteiger partial charge in [-0.2, -0.15) is 5.10 Å². The zero-order chi connectivity index (χ0) is 18.7. The van der Waals surface area contributed by atoms with Crippen molar-refractivity contribution < 1.29 is 14.3 Å². The maximum Gasteiger partial charge on any atom is 0.291 e. The third kappa shape index (κ3) is 3.26. The molecular formula is C18H20N4O4. The maximum absolute atomic E-state index is 12.4. The molecule has 1 N–H and O–H groups in total. The first-order valence-corrected chi connectivity index (χ1v) is 8.06. The minimum absolute atomic E-state index is 0.159. The third-order valence-corrected chi connectivity index (χ3v) is 4.07. The van der Waals surface area contributed by atoms with E-state index in [1.165, 1.54) is 4.68 Å². The molecule has 3 aromatic rings. The van der Waals surface area contributed by atoms with Gasteiger partial charge in [0.1, 0.15) is 17.9 Å². The zero-order valence-electron chi connectivity index (χ0n) is 14.9. The van der Waals surface area contributed by atoms with E-state index in [2.05, 4.69) is 10.4 Å². The van der Waals surface area contributed by atoms with Gasteiger partial charge in [0, 0.05) is 18.3 Å². The Kier molecular flexibility index (Phi) is 4.92. The summed E-state index contributed by atoms with van der Waals surface area (Å²) in [7, 11) is 3.10. The molecule has 0 radical (unpaired) electrons. The van der Waals surface area contributed by atoms with E-state index in [1.54, 1.807) is 49.9 Å². The second kappa shape index (κ2) is 7.30. The van der Waals surface area contributed by atoms with Gasteiger partial charge in [-0.15, -0.1) is 0 Å². The van der Waals surface area contributed by atoms with Crippen molar-refractivity contribution in [3.63, 3.8) is 0 Å². The molecule has 0 unspecified atom stereocenters. The van der Waals surface area contributed by atoms with E-state index in [4.69, 9.17) is 9.47 Å². The number of nitrogens with one attached hydrogen (secondary N) is 1. The summed E-state index contributed by atoms with van der Waals surface area (Å²) < 4.78 is 13.5. The number of amides is 1. The summed E-state index contributed by atoms with van der Waals surface area (Å²) in [6.07, 6.45) is 1.76. The van der Waals surface area contributed by atoms with E-state index in [1.807, 2.05) is 12.1 Å². The molecule has 0 aliphatic rings. The number of aryl methyl sites for hydroxylation is 1. The predicted molar refractivity (Wildman–Crippen MR) is 95.6 cm³/mol. The van der Waals surface area contributed by atoms with Crippen LogP contribution in [0.2, 0.25) is 0 Å². The van der Waals surface area contributed by atoms with Gasteiger partial charge >= 0.3 is 0 Å². The first-order chi connectivity index (χ1) is 12.5. The number of fused-ring (bicyclic) bond motifs is 1. The van der Waals surface area contributed by atoms with Crippen LogP contribution in [0.4, 0.5) is 0 Å². The van der Waals surface area contributed by atoms with Crippen LogP contribution in [0.3, 0.4) is 0 Å². The lowest BCUT2D eigenvalue weighted by atomic mass is 10.2. The SMILES string of the molecule is COc1cccc(CNC(=O)Cn2nc(C)n3cccc3c2=O)c1OC. The molecule has 0 bridgehead atoms. The minimum atomic E-state index is -0.320. The maximum atomic E-state index is 12.4. The Morgan fingerprint density at radius 1 is 1.19 bits per heavy atom. The number of methoxy groups -OCH3 is 2. The van der Waals surface area contributed by atoms with Crippen molar-refractivity contribution >= 4 is 11.4 Å². The van der Waals surface area contributed by atoms with Gasteiger partial charge in [0.25, 0.3) is 5.56 Å². The van der Waals surface area contributed by atoms with Gasteiger partial charge < -0.3 is 14.8 Å². The molecule has 0 atom stereocenters. The standard InChI is InChI=1S/C18H20N4O4/c1-12-20-22(18(24)14-7-5-9-21(12)14)11-16(23)19-10-13-6-4-8-15(25-2)17(13)26-3/h4-9H,10-11H2,1-3H3,(H,19,23). The number of para-hydroxylation sites is 1. The van der Waals surface area contributed by atoms with Gasteiger partial charge in [0.2, 0.25) is 5.91 Å². The molecular weight excluding hydrogens is 336 g/mol. The molecule has 2 heterocycles. The van der Waals surface area contributed by atoms with Crippen LogP contribution in [0.15, 0.2) is 41.3 Å². The van der Waals surface area contributed by atoms with E-state index < -0.39 is 0 Å². The van der Waals surface area contributed by atoms with E-state index >= 15 is 0 Å². The third-order valence-electron chi connectivity index (χ3n) is 4.07.